The van der Waals surface area contributed by atoms with Crippen LogP contribution < -0.4 is 0 Å². The molecule has 0 radical (unpaired) electrons. The molecule has 6 heteroatoms. The van der Waals surface area contributed by atoms with Gasteiger partial charge in [0.05, 0.1) is 12.6 Å². The Kier molecular flexibility index (Phi) is 8.49. The second-order valence-electron chi connectivity index (χ2n) is 9.27. The third-order valence-corrected chi connectivity index (χ3v) is 6.11. The van der Waals surface area contributed by atoms with E-state index >= 15 is 0 Å². The van der Waals surface area contributed by atoms with Gasteiger partial charge in [0, 0.05) is 18.4 Å². The van der Waals surface area contributed by atoms with Gasteiger partial charge in [-0.2, -0.15) is 0 Å². The molecule has 2 amide bonds. The molecule has 1 aliphatic rings. The van der Waals surface area contributed by atoms with E-state index in [1.54, 1.807) is 20.8 Å². The van der Waals surface area contributed by atoms with Crippen molar-refractivity contribution in [1.82, 2.24) is 4.90 Å². The Balaban J connectivity index is 1.68. The molecule has 2 unspecified atom stereocenters. The maximum atomic E-state index is 13.2. The molecule has 172 valence electrons. The van der Waals surface area contributed by atoms with Crippen LogP contribution in [0, 0.1) is 5.92 Å². The van der Waals surface area contributed by atoms with Gasteiger partial charge in [-0.15, -0.1) is 0 Å². The van der Waals surface area contributed by atoms with Gasteiger partial charge in [-0.25, -0.2) is 9.69 Å². The van der Waals surface area contributed by atoms with E-state index < -0.39 is 11.7 Å². The number of nitrogens with zero attached hydrogens (tertiary/aromatic N) is 1. The lowest BCUT2D eigenvalue weighted by Gasteiger charge is -2.31. The predicted molar refractivity (Wildman–Crippen MR) is 128 cm³/mol. The minimum Gasteiger partial charge on any atom is -0.443 e. The van der Waals surface area contributed by atoms with E-state index in [-0.39, 0.29) is 24.5 Å². The van der Waals surface area contributed by atoms with Gasteiger partial charge in [0.15, 0.2) is 0 Å². The van der Waals surface area contributed by atoms with Gasteiger partial charge in [-0.1, -0.05) is 70.5 Å². The Morgan fingerprint density at radius 3 is 2.38 bits per heavy atom. The molecular formula is C26H32BrNO4. The fourth-order valence-corrected chi connectivity index (χ4v) is 4.17. The van der Waals surface area contributed by atoms with Crippen LogP contribution in [0.4, 0.5) is 4.79 Å². The van der Waals surface area contributed by atoms with Crippen molar-refractivity contribution in [2.45, 2.75) is 63.6 Å². The number of alkyl halides is 1. The van der Waals surface area contributed by atoms with Crippen LogP contribution in [0.15, 0.2) is 54.6 Å². The summed E-state index contributed by atoms with van der Waals surface area (Å²) in [4.78, 5) is 27.3. The molecule has 1 heterocycles. The van der Waals surface area contributed by atoms with Crippen molar-refractivity contribution in [2.75, 3.05) is 6.61 Å². The Hall–Kier alpha value is -2.18. The number of carbonyl (C=O) groups excluding carboxylic acids is 2. The highest BCUT2D eigenvalue weighted by molar-refractivity contribution is 9.08. The molecule has 0 N–H and O–H groups in total. The monoisotopic (exact) mass is 501 g/mol. The summed E-state index contributed by atoms with van der Waals surface area (Å²) in [6.07, 6.45) is 1.23. The van der Waals surface area contributed by atoms with E-state index in [9.17, 15) is 9.59 Å². The van der Waals surface area contributed by atoms with Crippen LogP contribution in [0.2, 0.25) is 0 Å². The molecular weight excluding hydrogens is 470 g/mol. The van der Waals surface area contributed by atoms with Crippen LogP contribution in [0.5, 0.6) is 0 Å². The highest BCUT2D eigenvalue weighted by Crippen LogP contribution is 2.34. The molecule has 2 atom stereocenters. The van der Waals surface area contributed by atoms with E-state index in [0.717, 1.165) is 29.3 Å². The lowest BCUT2D eigenvalue weighted by atomic mass is 9.89. The van der Waals surface area contributed by atoms with E-state index in [1.165, 1.54) is 10.5 Å². The molecule has 2 aromatic carbocycles. The fraction of sp³-hybridized carbons (Fsp3) is 0.462. The van der Waals surface area contributed by atoms with E-state index in [1.807, 2.05) is 30.3 Å². The minimum absolute atomic E-state index is 0.0324. The summed E-state index contributed by atoms with van der Waals surface area (Å²) in [5, 5.41) is 0.817. The van der Waals surface area contributed by atoms with Gasteiger partial charge in [0.2, 0.25) is 5.91 Å². The summed E-state index contributed by atoms with van der Waals surface area (Å²) >= 11 is 3.47. The fourth-order valence-electron chi connectivity index (χ4n) is 3.80. The second-order valence-corrected chi connectivity index (χ2v) is 9.84. The van der Waals surface area contributed by atoms with Gasteiger partial charge >= 0.3 is 6.09 Å². The maximum absolute atomic E-state index is 13.2. The summed E-state index contributed by atoms with van der Waals surface area (Å²) in [5.41, 5.74) is 2.56. The number of ether oxygens (including phenoxy) is 2. The maximum Gasteiger partial charge on any atom is 0.417 e. The first-order valence-electron chi connectivity index (χ1n) is 11.1. The minimum atomic E-state index is -0.669. The highest BCUT2D eigenvalue weighted by Gasteiger charge is 2.31. The molecule has 1 saturated heterocycles. The molecule has 5 nitrogen and oxygen atoms in total. The molecule has 1 fully saturated rings. The Morgan fingerprint density at radius 2 is 1.75 bits per heavy atom. The van der Waals surface area contributed by atoms with E-state index in [2.05, 4.69) is 40.2 Å². The number of imide groups is 1. The number of halogens is 1. The van der Waals surface area contributed by atoms with Crippen LogP contribution in [0.3, 0.4) is 0 Å². The average Bonchev–Trinajstić information content (AvgIpc) is 2.77. The van der Waals surface area contributed by atoms with Crippen molar-refractivity contribution in [1.29, 1.82) is 0 Å². The van der Waals surface area contributed by atoms with Crippen LogP contribution in [-0.2, 0) is 26.1 Å². The van der Waals surface area contributed by atoms with Crippen molar-refractivity contribution in [3.05, 3.63) is 71.3 Å². The number of rotatable bonds is 6. The summed E-state index contributed by atoms with van der Waals surface area (Å²) in [7, 11) is 0. The topological polar surface area (TPSA) is 55.8 Å². The van der Waals surface area contributed by atoms with Crippen LogP contribution in [0.25, 0.3) is 0 Å². The van der Waals surface area contributed by atoms with Crippen molar-refractivity contribution in [3.8, 4) is 0 Å². The Bertz CT molecular complexity index is 892. The second kappa shape index (κ2) is 11.1. The van der Waals surface area contributed by atoms with Gasteiger partial charge in [0.25, 0.3) is 0 Å². The largest absolute Gasteiger partial charge is 0.443 e. The van der Waals surface area contributed by atoms with Gasteiger partial charge < -0.3 is 9.47 Å². The van der Waals surface area contributed by atoms with Crippen LogP contribution >= 0.6 is 15.9 Å². The van der Waals surface area contributed by atoms with Crippen LogP contribution in [-0.4, -0.2) is 29.1 Å². The molecule has 3 rings (SSSR count). The smallest absolute Gasteiger partial charge is 0.417 e. The SMILES string of the molecule is CC(C)(C)OC(=O)N(Cc1ccccc1)C(=O)CC1CCOC(c2ccc(CBr)cc2)C1. The first kappa shape index (κ1) is 24.5. The number of carbonyl (C=O) groups is 2. The standard InChI is InChI=1S/C26H32BrNO4/c1-26(2,3)32-25(30)28(18-20-7-5-4-6-8-20)24(29)16-21-13-14-31-23(15-21)22-11-9-19(17-27)10-12-22/h4-12,21,23H,13-18H2,1-3H3. The zero-order chi connectivity index (χ0) is 23.1. The molecule has 32 heavy (non-hydrogen) atoms. The van der Waals surface area contributed by atoms with Gasteiger partial charge in [0.1, 0.15) is 5.60 Å². The summed E-state index contributed by atoms with van der Waals surface area (Å²) in [6.45, 7) is 6.23. The lowest BCUT2D eigenvalue weighted by Crippen LogP contribution is -2.41. The first-order chi connectivity index (χ1) is 15.2. The summed E-state index contributed by atoms with van der Waals surface area (Å²) in [6, 6.07) is 17.9. The zero-order valence-electron chi connectivity index (χ0n) is 19.1. The van der Waals surface area contributed by atoms with Gasteiger partial charge in [-0.05, 0) is 56.2 Å². The Labute approximate surface area is 199 Å². The molecule has 1 aliphatic heterocycles. The first-order valence-corrected chi connectivity index (χ1v) is 12.2. The lowest BCUT2D eigenvalue weighted by molar-refractivity contribution is -0.133. The van der Waals surface area contributed by atoms with Gasteiger partial charge in [-0.3, -0.25) is 4.79 Å². The third kappa shape index (κ3) is 7.17. The van der Waals surface area contributed by atoms with E-state index in [4.69, 9.17) is 9.47 Å². The number of hydrogen-bond acceptors (Lipinski definition) is 4. The zero-order valence-corrected chi connectivity index (χ0v) is 20.6. The highest BCUT2D eigenvalue weighted by atomic mass is 79.9. The van der Waals surface area contributed by atoms with Crippen LogP contribution in [0.1, 0.15) is 62.8 Å². The van der Waals surface area contributed by atoms with Crippen molar-refractivity contribution in [2.24, 2.45) is 5.92 Å². The number of hydrogen-bond donors (Lipinski definition) is 0. The normalized spacial score (nSPS) is 18.8. The molecule has 0 saturated carbocycles. The molecule has 0 bridgehead atoms. The summed E-state index contributed by atoms with van der Waals surface area (Å²) in [5.74, 6) is -0.0544. The average molecular weight is 502 g/mol. The molecule has 0 aliphatic carbocycles. The van der Waals surface area contributed by atoms with Crippen molar-refractivity contribution < 1.29 is 19.1 Å². The third-order valence-electron chi connectivity index (χ3n) is 5.46. The Morgan fingerprint density at radius 1 is 1.06 bits per heavy atom. The number of benzene rings is 2. The van der Waals surface area contributed by atoms with E-state index in [0.29, 0.717) is 13.0 Å². The molecule has 0 aromatic heterocycles. The number of amides is 2. The summed E-state index contributed by atoms with van der Waals surface area (Å²) < 4.78 is 11.5. The molecule has 0 spiro atoms. The van der Waals surface area contributed by atoms with Crippen molar-refractivity contribution in [3.63, 3.8) is 0 Å². The molecule has 2 aromatic rings. The van der Waals surface area contributed by atoms with Crippen molar-refractivity contribution >= 4 is 27.9 Å². The predicted octanol–water partition coefficient (Wildman–Crippen LogP) is 6.40. The quantitative estimate of drug-likeness (QED) is 0.429.